The van der Waals surface area contributed by atoms with Crippen molar-refractivity contribution in [1.29, 1.82) is 0 Å². The molecule has 0 spiro atoms. The maximum absolute atomic E-state index is 11.8. The molecule has 2 amide bonds. The Bertz CT molecular complexity index is 514. The molecule has 114 valence electrons. The normalized spacial score (nSPS) is 9.95. The highest BCUT2D eigenvalue weighted by Gasteiger charge is 2.18. The standard InChI is InChI=1S/C14H18N2O5/c1-10-3-2-4-11(7-10)5-6-15-14(21)16(8-12(17)18)9-13(19)20/h2-4,7H,5-6,8-9H2,1H3,(H,15,21)(H,17,18)(H,19,20). The molecular weight excluding hydrogens is 276 g/mol. The summed E-state index contributed by atoms with van der Waals surface area (Å²) in [4.78, 5) is 33.7. The van der Waals surface area contributed by atoms with Crippen molar-refractivity contribution in [1.82, 2.24) is 10.2 Å². The summed E-state index contributed by atoms with van der Waals surface area (Å²) in [6.07, 6.45) is 0.585. The van der Waals surface area contributed by atoms with Crippen LogP contribution in [0.4, 0.5) is 4.79 Å². The van der Waals surface area contributed by atoms with Crippen LogP contribution in [0.25, 0.3) is 0 Å². The number of nitrogens with zero attached hydrogens (tertiary/aromatic N) is 1. The maximum atomic E-state index is 11.8. The van der Waals surface area contributed by atoms with Gasteiger partial charge in [-0.25, -0.2) is 4.79 Å². The Balaban J connectivity index is 2.49. The lowest BCUT2D eigenvalue weighted by Crippen LogP contribution is -2.45. The first-order chi connectivity index (χ1) is 9.88. The van der Waals surface area contributed by atoms with Crippen LogP contribution >= 0.6 is 0 Å². The largest absolute Gasteiger partial charge is 0.480 e. The Hall–Kier alpha value is -2.57. The van der Waals surface area contributed by atoms with Gasteiger partial charge in [0.05, 0.1) is 0 Å². The minimum absolute atomic E-state index is 0.304. The van der Waals surface area contributed by atoms with Crippen molar-refractivity contribution in [3.63, 3.8) is 0 Å². The molecule has 0 saturated carbocycles. The molecule has 0 aliphatic heterocycles. The van der Waals surface area contributed by atoms with E-state index in [9.17, 15) is 14.4 Å². The number of nitrogens with one attached hydrogen (secondary N) is 1. The summed E-state index contributed by atoms with van der Waals surface area (Å²) >= 11 is 0. The van der Waals surface area contributed by atoms with Gasteiger partial charge in [0, 0.05) is 6.54 Å². The van der Waals surface area contributed by atoms with Gasteiger partial charge in [-0.1, -0.05) is 29.8 Å². The number of carboxylic acid groups (broad SMARTS) is 2. The van der Waals surface area contributed by atoms with Gasteiger partial charge in [-0.15, -0.1) is 0 Å². The number of hydrogen-bond donors (Lipinski definition) is 3. The number of benzene rings is 1. The van der Waals surface area contributed by atoms with Gasteiger partial charge in [0.25, 0.3) is 0 Å². The molecule has 0 fully saturated rings. The molecule has 0 unspecified atom stereocenters. The smallest absolute Gasteiger partial charge is 0.323 e. The first-order valence-electron chi connectivity index (χ1n) is 6.40. The number of aliphatic carboxylic acids is 2. The van der Waals surface area contributed by atoms with Crippen molar-refractivity contribution in [2.45, 2.75) is 13.3 Å². The monoisotopic (exact) mass is 294 g/mol. The minimum Gasteiger partial charge on any atom is -0.480 e. The van der Waals surface area contributed by atoms with E-state index in [0.717, 1.165) is 16.0 Å². The molecule has 0 atom stereocenters. The molecule has 21 heavy (non-hydrogen) atoms. The number of carbonyl (C=O) groups excluding carboxylic acids is 1. The number of hydrogen-bond acceptors (Lipinski definition) is 3. The Morgan fingerprint density at radius 2 is 1.76 bits per heavy atom. The zero-order valence-corrected chi connectivity index (χ0v) is 11.7. The second-order valence-electron chi connectivity index (χ2n) is 4.61. The Morgan fingerprint density at radius 1 is 1.14 bits per heavy atom. The van der Waals surface area contributed by atoms with Crippen LogP contribution < -0.4 is 5.32 Å². The SMILES string of the molecule is Cc1cccc(CCNC(=O)N(CC(=O)O)CC(=O)O)c1. The molecule has 3 N–H and O–H groups in total. The predicted octanol–water partition coefficient (Wildman–Crippen LogP) is 0.718. The number of carbonyl (C=O) groups is 3. The molecule has 1 rings (SSSR count). The fourth-order valence-electron chi connectivity index (χ4n) is 1.82. The van der Waals surface area contributed by atoms with E-state index >= 15 is 0 Å². The van der Waals surface area contributed by atoms with Crippen LogP contribution in [-0.2, 0) is 16.0 Å². The topological polar surface area (TPSA) is 107 Å². The van der Waals surface area contributed by atoms with E-state index in [1.165, 1.54) is 0 Å². The van der Waals surface area contributed by atoms with E-state index in [1.807, 2.05) is 31.2 Å². The minimum atomic E-state index is -1.26. The fraction of sp³-hybridized carbons (Fsp3) is 0.357. The van der Waals surface area contributed by atoms with Gasteiger partial charge in [-0.2, -0.15) is 0 Å². The van der Waals surface area contributed by atoms with Crippen LogP contribution in [0.2, 0.25) is 0 Å². The van der Waals surface area contributed by atoms with Crippen LogP contribution in [0.1, 0.15) is 11.1 Å². The molecule has 1 aromatic carbocycles. The average molecular weight is 294 g/mol. The number of carboxylic acids is 2. The maximum Gasteiger partial charge on any atom is 0.323 e. The van der Waals surface area contributed by atoms with E-state index in [2.05, 4.69) is 5.32 Å². The third-order valence-corrected chi connectivity index (χ3v) is 2.71. The first-order valence-corrected chi connectivity index (χ1v) is 6.40. The molecule has 7 nitrogen and oxygen atoms in total. The van der Waals surface area contributed by atoms with E-state index in [0.29, 0.717) is 13.0 Å². The van der Waals surface area contributed by atoms with Gasteiger partial charge in [0.2, 0.25) is 0 Å². The molecule has 0 aromatic heterocycles. The van der Waals surface area contributed by atoms with Gasteiger partial charge in [0.15, 0.2) is 0 Å². The molecule has 0 bridgehead atoms. The summed E-state index contributed by atoms with van der Waals surface area (Å²) < 4.78 is 0. The van der Waals surface area contributed by atoms with E-state index < -0.39 is 31.1 Å². The zero-order valence-electron chi connectivity index (χ0n) is 11.7. The summed E-state index contributed by atoms with van der Waals surface area (Å²) in [7, 11) is 0. The molecule has 0 saturated heterocycles. The number of amides is 2. The summed E-state index contributed by atoms with van der Waals surface area (Å²) in [5.41, 5.74) is 2.15. The quantitative estimate of drug-likeness (QED) is 0.687. The zero-order chi connectivity index (χ0) is 15.8. The number of urea groups is 1. The Kier molecular flexibility index (Phi) is 6.19. The Morgan fingerprint density at radius 3 is 2.29 bits per heavy atom. The highest BCUT2D eigenvalue weighted by molar-refractivity contribution is 5.84. The van der Waals surface area contributed by atoms with Crippen LogP contribution in [0.15, 0.2) is 24.3 Å². The molecule has 1 aromatic rings. The van der Waals surface area contributed by atoms with Crippen LogP contribution in [0.3, 0.4) is 0 Å². The molecule has 0 radical (unpaired) electrons. The third-order valence-electron chi connectivity index (χ3n) is 2.71. The van der Waals surface area contributed by atoms with Crippen molar-refractivity contribution >= 4 is 18.0 Å². The lowest BCUT2D eigenvalue weighted by molar-refractivity contribution is -0.140. The highest BCUT2D eigenvalue weighted by Crippen LogP contribution is 2.04. The first kappa shape index (κ1) is 16.5. The molecular formula is C14H18N2O5. The summed E-state index contributed by atoms with van der Waals surface area (Å²) in [5.74, 6) is -2.52. The van der Waals surface area contributed by atoms with Crippen molar-refractivity contribution in [2.24, 2.45) is 0 Å². The summed E-state index contributed by atoms with van der Waals surface area (Å²) in [6, 6.07) is 7.08. The summed E-state index contributed by atoms with van der Waals surface area (Å²) in [5, 5.41) is 19.9. The van der Waals surface area contributed by atoms with Crippen LogP contribution in [-0.4, -0.2) is 52.7 Å². The second-order valence-corrected chi connectivity index (χ2v) is 4.61. The van der Waals surface area contributed by atoms with Crippen molar-refractivity contribution < 1.29 is 24.6 Å². The van der Waals surface area contributed by atoms with Crippen molar-refractivity contribution in [3.8, 4) is 0 Å². The predicted molar refractivity (Wildman–Crippen MR) is 75.1 cm³/mol. The van der Waals surface area contributed by atoms with Crippen LogP contribution in [0, 0.1) is 6.92 Å². The van der Waals surface area contributed by atoms with Gasteiger partial charge >= 0.3 is 18.0 Å². The lowest BCUT2D eigenvalue weighted by atomic mass is 10.1. The van der Waals surface area contributed by atoms with Gasteiger partial charge in [-0.05, 0) is 18.9 Å². The molecule has 0 aliphatic rings. The number of aryl methyl sites for hydroxylation is 1. The van der Waals surface area contributed by atoms with E-state index in [4.69, 9.17) is 10.2 Å². The molecule has 7 heteroatoms. The Labute approximate surface area is 122 Å². The molecule has 0 aliphatic carbocycles. The van der Waals surface area contributed by atoms with E-state index in [1.54, 1.807) is 0 Å². The van der Waals surface area contributed by atoms with Gasteiger partial charge in [0.1, 0.15) is 13.1 Å². The third kappa shape index (κ3) is 6.42. The van der Waals surface area contributed by atoms with E-state index in [-0.39, 0.29) is 0 Å². The second kappa shape index (κ2) is 7.88. The van der Waals surface area contributed by atoms with Crippen LogP contribution in [0.5, 0.6) is 0 Å². The highest BCUT2D eigenvalue weighted by atomic mass is 16.4. The fourth-order valence-corrected chi connectivity index (χ4v) is 1.82. The van der Waals surface area contributed by atoms with Gasteiger partial charge in [-0.3, -0.25) is 9.59 Å². The average Bonchev–Trinajstić information content (AvgIpc) is 2.36. The summed E-state index contributed by atoms with van der Waals surface area (Å²) in [6.45, 7) is 0.965. The lowest BCUT2D eigenvalue weighted by Gasteiger charge is -2.19. The number of rotatable bonds is 7. The van der Waals surface area contributed by atoms with Crippen molar-refractivity contribution in [2.75, 3.05) is 19.6 Å². The molecule has 0 heterocycles. The van der Waals surface area contributed by atoms with Crippen molar-refractivity contribution in [3.05, 3.63) is 35.4 Å². The van der Waals surface area contributed by atoms with Gasteiger partial charge < -0.3 is 20.4 Å².